The molecule has 0 aliphatic rings. The summed E-state index contributed by atoms with van der Waals surface area (Å²) in [4.78, 5) is 16.1. The van der Waals surface area contributed by atoms with E-state index in [1.54, 1.807) is 17.5 Å². The Morgan fingerprint density at radius 2 is 2.06 bits per heavy atom. The second kappa shape index (κ2) is 5.73. The maximum Gasteiger partial charge on any atom is 0.163 e. The first-order valence-corrected chi connectivity index (χ1v) is 6.68. The standard InChI is InChI=1S/C14H15NOS/c1-2-11-3-5-12(6-4-11)13(16)7-8-14-15-9-10-17-14/h3-6,9-10H,2,7-8H2,1H3. The fourth-order valence-corrected chi connectivity index (χ4v) is 2.29. The van der Waals surface area contributed by atoms with Crippen LogP contribution in [-0.2, 0) is 12.8 Å². The Morgan fingerprint density at radius 3 is 2.65 bits per heavy atom. The third-order valence-corrected chi connectivity index (χ3v) is 3.57. The van der Waals surface area contributed by atoms with E-state index in [9.17, 15) is 4.79 Å². The van der Waals surface area contributed by atoms with Gasteiger partial charge in [-0.1, -0.05) is 31.2 Å². The fourth-order valence-electron chi connectivity index (χ4n) is 1.67. The van der Waals surface area contributed by atoms with Crippen molar-refractivity contribution in [3.05, 3.63) is 52.0 Å². The monoisotopic (exact) mass is 245 g/mol. The summed E-state index contributed by atoms with van der Waals surface area (Å²) in [7, 11) is 0. The molecule has 2 nitrogen and oxygen atoms in total. The van der Waals surface area contributed by atoms with Gasteiger partial charge in [-0.2, -0.15) is 0 Å². The maximum atomic E-state index is 11.9. The number of hydrogen-bond donors (Lipinski definition) is 0. The van der Waals surface area contributed by atoms with Crippen LogP contribution in [0.2, 0.25) is 0 Å². The second-order valence-electron chi connectivity index (χ2n) is 3.90. The van der Waals surface area contributed by atoms with Gasteiger partial charge in [-0.15, -0.1) is 11.3 Å². The van der Waals surface area contributed by atoms with Crippen molar-refractivity contribution in [2.75, 3.05) is 0 Å². The zero-order valence-corrected chi connectivity index (χ0v) is 10.7. The summed E-state index contributed by atoms with van der Waals surface area (Å²) in [5, 5.41) is 2.97. The molecule has 0 bridgehead atoms. The molecule has 0 aliphatic heterocycles. The first kappa shape index (κ1) is 12.0. The first-order chi connectivity index (χ1) is 8.29. The Bertz CT molecular complexity index is 473. The van der Waals surface area contributed by atoms with Gasteiger partial charge in [0, 0.05) is 30.0 Å². The van der Waals surface area contributed by atoms with Gasteiger partial charge in [-0.05, 0) is 12.0 Å². The summed E-state index contributed by atoms with van der Waals surface area (Å²) < 4.78 is 0. The topological polar surface area (TPSA) is 30.0 Å². The molecule has 0 atom stereocenters. The van der Waals surface area contributed by atoms with E-state index in [1.807, 2.05) is 29.6 Å². The van der Waals surface area contributed by atoms with Crippen molar-refractivity contribution in [2.24, 2.45) is 0 Å². The first-order valence-electron chi connectivity index (χ1n) is 5.80. The Kier molecular flexibility index (Phi) is 4.04. The molecule has 0 N–H and O–H groups in total. The van der Waals surface area contributed by atoms with Gasteiger partial charge in [-0.25, -0.2) is 4.98 Å². The Morgan fingerprint density at radius 1 is 1.29 bits per heavy atom. The van der Waals surface area contributed by atoms with E-state index in [4.69, 9.17) is 0 Å². The maximum absolute atomic E-state index is 11.9. The van der Waals surface area contributed by atoms with Crippen molar-refractivity contribution in [2.45, 2.75) is 26.2 Å². The predicted octanol–water partition coefficient (Wildman–Crippen LogP) is 3.52. The average Bonchev–Trinajstić information content (AvgIpc) is 2.89. The lowest BCUT2D eigenvalue weighted by molar-refractivity contribution is 0.0983. The average molecular weight is 245 g/mol. The van der Waals surface area contributed by atoms with Crippen LogP contribution in [0.4, 0.5) is 0 Å². The number of aromatic nitrogens is 1. The zero-order chi connectivity index (χ0) is 12.1. The molecule has 0 aliphatic carbocycles. The van der Waals surface area contributed by atoms with Crippen molar-refractivity contribution in [1.82, 2.24) is 4.98 Å². The predicted molar refractivity (Wildman–Crippen MR) is 70.6 cm³/mol. The minimum Gasteiger partial charge on any atom is -0.294 e. The van der Waals surface area contributed by atoms with Crippen LogP contribution in [0, 0.1) is 0 Å². The van der Waals surface area contributed by atoms with Crippen LogP contribution in [0.5, 0.6) is 0 Å². The Balaban J connectivity index is 1.95. The van der Waals surface area contributed by atoms with Crippen molar-refractivity contribution >= 4 is 17.1 Å². The number of rotatable bonds is 5. The molecule has 0 saturated carbocycles. The van der Waals surface area contributed by atoms with Gasteiger partial charge < -0.3 is 0 Å². The van der Waals surface area contributed by atoms with Crippen molar-refractivity contribution < 1.29 is 4.79 Å². The van der Waals surface area contributed by atoms with Gasteiger partial charge >= 0.3 is 0 Å². The number of Topliss-reactive ketones (excluding diaryl/α,β-unsaturated/α-hetero) is 1. The quantitative estimate of drug-likeness (QED) is 0.754. The summed E-state index contributed by atoms with van der Waals surface area (Å²) in [5.41, 5.74) is 2.07. The second-order valence-corrected chi connectivity index (χ2v) is 4.88. The molecule has 2 aromatic rings. The molecule has 2 rings (SSSR count). The lowest BCUT2D eigenvalue weighted by Crippen LogP contribution is -2.01. The van der Waals surface area contributed by atoms with Gasteiger partial charge in [-0.3, -0.25) is 4.79 Å². The number of benzene rings is 1. The highest BCUT2D eigenvalue weighted by atomic mass is 32.1. The number of ketones is 1. The van der Waals surface area contributed by atoms with Gasteiger partial charge in [0.2, 0.25) is 0 Å². The van der Waals surface area contributed by atoms with Gasteiger partial charge in [0.25, 0.3) is 0 Å². The molecular formula is C14H15NOS. The van der Waals surface area contributed by atoms with Crippen LogP contribution in [0.15, 0.2) is 35.8 Å². The number of hydrogen-bond acceptors (Lipinski definition) is 3. The Labute approximate surface area is 105 Å². The molecule has 3 heteroatoms. The molecule has 1 aromatic carbocycles. The van der Waals surface area contributed by atoms with E-state index >= 15 is 0 Å². The van der Waals surface area contributed by atoms with E-state index in [0.717, 1.165) is 23.4 Å². The van der Waals surface area contributed by atoms with Crippen LogP contribution >= 0.6 is 11.3 Å². The molecule has 0 fully saturated rings. The van der Waals surface area contributed by atoms with Crippen LogP contribution in [0.25, 0.3) is 0 Å². The van der Waals surface area contributed by atoms with Gasteiger partial charge in [0.15, 0.2) is 5.78 Å². The molecule has 0 spiro atoms. The Hall–Kier alpha value is -1.48. The van der Waals surface area contributed by atoms with E-state index in [0.29, 0.717) is 6.42 Å². The van der Waals surface area contributed by atoms with E-state index < -0.39 is 0 Å². The highest BCUT2D eigenvalue weighted by molar-refractivity contribution is 7.09. The summed E-state index contributed by atoms with van der Waals surface area (Å²) >= 11 is 1.60. The van der Waals surface area contributed by atoms with Crippen LogP contribution in [0.3, 0.4) is 0 Å². The number of carbonyl (C=O) groups is 1. The molecule has 88 valence electrons. The molecule has 0 radical (unpaired) electrons. The highest BCUT2D eigenvalue weighted by Gasteiger charge is 2.06. The minimum atomic E-state index is 0.197. The summed E-state index contributed by atoms with van der Waals surface area (Å²) in [5.74, 6) is 0.197. The van der Waals surface area contributed by atoms with E-state index in [-0.39, 0.29) is 5.78 Å². The van der Waals surface area contributed by atoms with Crippen molar-refractivity contribution in [3.8, 4) is 0 Å². The number of thiazole rings is 1. The molecule has 0 saturated heterocycles. The third kappa shape index (κ3) is 3.24. The lowest BCUT2D eigenvalue weighted by atomic mass is 10.0. The van der Waals surface area contributed by atoms with Gasteiger partial charge in [0.1, 0.15) is 0 Å². The number of nitrogens with zero attached hydrogens (tertiary/aromatic N) is 1. The van der Waals surface area contributed by atoms with Gasteiger partial charge in [0.05, 0.1) is 5.01 Å². The van der Waals surface area contributed by atoms with Crippen molar-refractivity contribution in [1.29, 1.82) is 0 Å². The number of carbonyl (C=O) groups excluding carboxylic acids is 1. The third-order valence-electron chi connectivity index (χ3n) is 2.73. The van der Waals surface area contributed by atoms with E-state index in [2.05, 4.69) is 11.9 Å². The zero-order valence-electron chi connectivity index (χ0n) is 9.85. The molecule has 17 heavy (non-hydrogen) atoms. The van der Waals surface area contributed by atoms with Crippen molar-refractivity contribution in [3.63, 3.8) is 0 Å². The molecule has 0 amide bonds. The van der Waals surface area contributed by atoms with E-state index in [1.165, 1.54) is 5.56 Å². The fraction of sp³-hybridized carbons (Fsp3) is 0.286. The van der Waals surface area contributed by atoms with Crippen LogP contribution in [-0.4, -0.2) is 10.8 Å². The van der Waals surface area contributed by atoms with Crippen LogP contribution in [0.1, 0.15) is 34.3 Å². The highest BCUT2D eigenvalue weighted by Crippen LogP contribution is 2.11. The summed E-state index contributed by atoms with van der Waals surface area (Å²) in [6, 6.07) is 7.89. The normalized spacial score (nSPS) is 10.4. The molecule has 1 heterocycles. The lowest BCUT2D eigenvalue weighted by Gasteiger charge is -2.01. The molecule has 1 aromatic heterocycles. The summed E-state index contributed by atoms with van der Waals surface area (Å²) in [6.07, 6.45) is 4.07. The molecule has 0 unspecified atom stereocenters. The van der Waals surface area contributed by atoms with Crippen LogP contribution < -0.4 is 0 Å². The number of aryl methyl sites for hydroxylation is 2. The SMILES string of the molecule is CCc1ccc(C(=O)CCc2nccs2)cc1. The summed E-state index contributed by atoms with van der Waals surface area (Å²) in [6.45, 7) is 2.11. The largest absolute Gasteiger partial charge is 0.294 e. The molecular weight excluding hydrogens is 230 g/mol. The minimum absolute atomic E-state index is 0.197. The smallest absolute Gasteiger partial charge is 0.163 e.